The number of rotatable bonds is 9. The van der Waals surface area contributed by atoms with Crippen LogP contribution in [0.4, 0.5) is 0 Å². The lowest BCUT2D eigenvalue weighted by Crippen LogP contribution is -2.41. The summed E-state index contributed by atoms with van der Waals surface area (Å²) in [7, 11) is 3.13. The van der Waals surface area contributed by atoms with Crippen LogP contribution in [0.5, 0.6) is 11.5 Å². The summed E-state index contributed by atoms with van der Waals surface area (Å²) in [6, 6.07) is 3.45. The van der Waals surface area contributed by atoms with E-state index in [-0.39, 0.29) is 11.9 Å². The summed E-state index contributed by atoms with van der Waals surface area (Å²) < 4.78 is 10.7. The van der Waals surface area contributed by atoms with Crippen LogP contribution in [0.1, 0.15) is 36.2 Å². The first-order chi connectivity index (χ1) is 11.0. The standard InChI is InChI=1S/C18H28N2O3/c1-6-7-13-9-14(10-16(22-4)17(13)23-5)18(21)20-15(11-19)8-12(2)3/h6,9-10,12,15H,1,7-8,11,19H2,2-5H3,(H,20,21). The molecule has 0 saturated carbocycles. The zero-order valence-electron chi connectivity index (χ0n) is 14.5. The van der Waals surface area contributed by atoms with Crippen molar-refractivity contribution >= 4 is 5.91 Å². The monoisotopic (exact) mass is 320 g/mol. The SMILES string of the molecule is C=CCc1cc(C(=O)NC(CN)CC(C)C)cc(OC)c1OC. The van der Waals surface area contributed by atoms with E-state index >= 15 is 0 Å². The molecule has 0 saturated heterocycles. The normalized spacial score (nSPS) is 11.9. The van der Waals surface area contributed by atoms with Crippen molar-refractivity contribution in [2.45, 2.75) is 32.7 Å². The highest BCUT2D eigenvalue weighted by Crippen LogP contribution is 2.33. The maximum Gasteiger partial charge on any atom is 0.251 e. The fourth-order valence-electron chi connectivity index (χ4n) is 2.53. The number of nitrogens with one attached hydrogen (secondary N) is 1. The summed E-state index contributed by atoms with van der Waals surface area (Å²) in [5, 5.41) is 2.99. The molecule has 1 unspecified atom stereocenters. The Morgan fingerprint density at radius 2 is 2.04 bits per heavy atom. The number of carbonyl (C=O) groups is 1. The highest BCUT2D eigenvalue weighted by atomic mass is 16.5. The van der Waals surface area contributed by atoms with Gasteiger partial charge in [0.1, 0.15) is 0 Å². The molecule has 0 aliphatic rings. The summed E-state index contributed by atoms with van der Waals surface area (Å²) in [5.41, 5.74) is 7.14. The predicted octanol–water partition coefficient (Wildman–Crippen LogP) is 2.54. The van der Waals surface area contributed by atoms with E-state index in [1.165, 1.54) is 0 Å². The number of benzene rings is 1. The first-order valence-corrected chi connectivity index (χ1v) is 7.83. The topological polar surface area (TPSA) is 73.6 Å². The van der Waals surface area contributed by atoms with E-state index in [1.54, 1.807) is 32.4 Å². The van der Waals surface area contributed by atoms with Gasteiger partial charge in [-0.1, -0.05) is 19.9 Å². The molecule has 0 bridgehead atoms. The average Bonchev–Trinajstić information content (AvgIpc) is 2.53. The molecule has 128 valence electrons. The van der Waals surface area contributed by atoms with Crippen molar-refractivity contribution in [3.8, 4) is 11.5 Å². The minimum Gasteiger partial charge on any atom is -0.493 e. The smallest absolute Gasteiger partial charge is 0.251 e. The van der Waals surface area contributed by atoms with Gasteiger partial charge < -0.3 is 20.5 Å². The minimum atomic E-state index is -0.160. The van der Waals surface area contributed by atoms with Crippen molar-refractivity contribution in [2.75, 3.05) is 20.8 Å². The molecule has 1 aromatic carbocycles. The Hall–Kier alpha value is -2.01. The van der Waals surface area contributed by atoms with E-state index in [2.05, 4.69) is 25.7 Å². The number of ether oxygens (including phenoxy) is 2. The average molecular weight is 320 g/mol. The van der Waals surface area contributed by atoms with Gasteiger partial charge in [-0.3, -0.25) is 4.79 Å². The lowest BCUT2D eigenvalue weighted by Gasteiger charge is -2.20. The second kappa shape index (κ2) is 9.20. The minimum absolute atomic E-state index is 0.0431. The van der Waals surface area contributed by atoms with Gasteiger partial charge in [0.15, 0.2) is 11.5 Å². The summed E-state index contributed by atoms with van der Waals surface area (Å²) in [6.07, 6.45) is 3.20. The molecular weight excluding hydrogens is 292 g/mol. The van der Waals surface area contributed by atoms with Crippen molar-refractivity contribution in [1.29, 1.82) is 0 Å². The Labute approximate surface area is 138 Å². The molecule has 0 spiro atoms. The highest BCUT2D eigenvalue weighted by molar-refractivity contribution is 5.95. The number of amides is 1. The zero-order chi connectivity index (χ0) is 17.4. The van der Waals surface area contributed by atoms with Gasteiger partial charge in [-0.2, -0.15) is 0 Å². The maximum absolute atomic E-state index is 12.5. The van der Waals surface area contributed by atoms with Crippen molar-refractivity contribution < 1.29 is 14.3 Å². The van der Waals surface area contributed by atoms with E-state index in [0.29, 0.717) is 35.9 Å². The first-order valence-electron chi connectivity index (χ1n) is 7.83. The molecule has 1 atom stereocenters. The quantitative estimate of drug-likeness (QED) is 0.686. The molecule has 5 nitrogen and oxygen atoms in total. The van der Waals surface area contributed by atoms with Gasteiger partial charge in [0.05, 0.1) is 14.2 Å². The van der Waals surface area contributed by atoms with Gasteiger partial charge in [0.2, 0.25) is 0 Å². The number of hydrogen-bond donors (Lipinski definition) is 2. The number of methoxy groups -OCH3 is 2. The molecule has 5 heteroatoms. The van der Waals surface area contributed by atoms with Crippen molar-refractivity contribution in [3.05, 3.63) is 35.9 Å². The lowest BCUT2D eigenvalue weighted by atomic mass is 10.0. The number of allylic oxidation sites excluding steroid dienone is 1. The molecule has 1 rings (SSSR count). The highest BCUT2D eigenvalue weighted by Gasteiger charge is 2.18. The van der Waals surface area contributed by atoms with E-state index in [0.717, 1.165) is 12.0 Å². The molecule has 0 radical (unpaired) electrons. The van der Waals surface area contributed by atoms with E-state index in [9.17, 15) is 4.79 Å². The second-order valence-electron chi connectivity index (χ2n) is 5.90. The Balaban J connectivity index is 3.08. The van der Waals surface area contributed by atoms with E-state index in [1.807, 2.05) is 0 Å². The van der Waals surface area contributed by atoms with Crippen LogP contribution in [-0.2, 0) is 6.42 Å². The Bertz CT molecular complexity index is 541. The first kappa shape index (κ1) is 19.0. The molecule has 0 aromatic heterocycles. The summed E-state index contributed by atoms with van der Waals surface area (Å²) in [4.78, 5) is 12.5. The summed E-state index contributed by atoms with van der Waals surface area (Å²) in [5.74, 6) is 1.46. The Morgan fingerprint density at radius 3 is 2.52 bits per heavy atom. The second-order valence-corrected chi connectivity index (χ2v) is 5.90. The number of nitrogens with two attached hydrogens (primary N) is 1. The molecule has 0 fully saturated rings. The van der Waals surface area contributed by atoms with E-state index < -0.39 is 0 Å². The van der Waals surface area contributed by atoms with Crippen LogP contribution in [0, 0.1) is 5.92 Å². The van der Waals surface area contributed by atoms with Gasteiger partial charge >= 0.3 is 0 Å². The molecule has 0 aliphatic carbocycles. The maximum atomic E-state index is 12.5. The Morgan fingerprint density at radius 1 is 1.35 bits per heavy atom. The lowest BCUT2D eigenvalue weighted by molar-refractivity contribution is 0.0933. The van der Waals surface area contributed by atoms with Gasteiger partial charge in [0.25, 0.3) is 5.91 Å². The Kier molecular flexibility index (Phi) is 7.62. The molecule has 0 heterocycles. The van der Waals surface area contributed by atoms with Gasteiger partial charge in [0, 0.05) is 23.7 Å². The zero-order valence-corrected chi connectivity index (χ0v) is 14.5. The third-order valence-electron chi connectivity index (χ3n) is 3.56. The molecule has 1 aromatic rings. The van der Waals surface area contributed by atoms with Gasteiger partial charge in [-0.25, -0.2) is 0 Å². The fraction of sp³-hybridized carbons (Fsp3) is 0.500. The van der Waals surface area contributed by atoms with Gasteiger partial charge in [-0.15, -0.1) is 6.58 Å². The number of carbonyl (C=O) groups excluding carboxylic acids is 1. The predicted molar refractivity (Wildman–Crippen MR) is 93.2 cm³/mol. The third-order valence-corrected chi connectivity index (χ3v) is 3.56. The van der Waals surface area contributed by atoms with Crippen LogP contribution >= 0.6 is 0 Å². The molecule has 23 heavy (non-hydrogen) atoms. The largest absolute Gasteiger partial charge is 0.493 e. The molecular formula is C18H28N2O3. The van der Waals surface area contributed by atoms with Crippen LogP contribution in [-0.4, -0.2) is 32.7 Å². The van der Waals surface area contributed by atoms with Crippen LogP contribution < -0.4 is 20.5 Å². The number of hydrogen-bond acceptors (Lipinski definition) is 4. The van der Waals surface area contributed by atoms with Gasteiger partial charge in [-0.05, 0) is 30.9 Å². The van der Waals surface area contributed by atoms with Crippen LogP contribution in [0.2, 0.25) is 0 Å². The van der Waals surface area contributed by atoms with Crippen molar-refractivity contribution in [2.24, 2.45) is 11.7 Å². The summed E-state index contributed by atoms with van der Waals surface area (Å²) in [6.45, 7) is 8.36. The van der Waals surface area contributed by atoms with Crippen LogP contribution in [0.15, 0.2) is 24.8 Å². The van der Waals surface area contributed by atoms with Crippen molar-refractivity contribution in [1.82, 2.24) is 5.32 Å². The molecule has 3 N–H and O–H groups in total. The van der Waals surface area contributed by atoms with E-state index in [4.69, 9.17) is 15.2 Å². The van der Waals surface area contributed by atoms with Crippen LogP contribution in [0.25, 0.3) is 0 Å². The summed E-state index contributed by atoms with van der Waals surface area (Å²) >= 11 is 0. The van der Waals surface area contributed by atoms with Crippen molar-refractivity contribution in [3.63, 3.8) is 0 Å². The van der Waals surface area contributed by atoms with Crippen LogP contribution in [0.3, 0.4) is 0 Å². The molecule has 0 aliphatic heterocycles. The third kappa shape index (κ3) is 5.28. The fourth-order valence-corrected chi connectivity index (χ4v) is 2.53. The molecule has 1 amide bonds.